The van der Waals surface area contributed by atoms with Crippen LogP contribution in [0, 0.1) is 22.8 Å². The molecule has 0 fully saturated rings. The van der Waals surface area contributed by atoms with E-state index in [0.717, 1.165) is 11.3 Å². The second-order valence-electron chi connectivity index (χ2n) is 13.8. The lowest BCUT2D eigenvalue weighted by molar-refractivity contribution is 0.0457. The Bertz CT molecular complexity index is 1280. The molecule has 2 aromatic heterocycles. The van der Waals surface area contributed by atoms with Crippen molar-refractivity contribution < 1.29 is 9.53 Å². The molecule has 0 aliphatic rings. The van der Waals surface area contributed by atoms with Gasteiger partial charge in [-0.05, 0) is 76.2 Å². The van der Waals surface area contributed by atoms with E-state index in [0.29, 0.717) is 34.4 Å². The third-order valence-corrected chi connectivity index (χ3v) is 14.0. The fraction of sp³-hybridized carbons (Fsp3) is 0.606. The number of nitriles is 1. The van der Waals surface area contributed by atoms with E-state index in [9.17, 15) is 4.79 Å². The van der Waals surface area contributed by atoms with Gasteiger partial charge in [0.2, 0.25) is 0 Å². The van der Waals surface area contributed by atoms with E-state index in [4.69, 9.17) is 15.0 Å². The SMILES string of the molecule is CC(CC#N)c1cc(-c2cnc(OC(=O)N(C(C)(C)C)C(C)(C)C)c(C#C[Si](C(C)C)(C(C)C)C(C)C)n2)ccn1. The van der Waals surface area contributed by atoms with E-state index >= 15 is 0 Å². The largest absolute Gasteiger partial charge is 0.417 e. The van der Waals surface area contributed by atoms with Gasteiger partial charge in [0, 0.05) is 40.9 Å². The molecule has 8 heteroatoms. The monoisotopic (exact) mass is 575 g/mol. The molecule has 2 aromatic rings. The molecule has 0 radical (unpaired) electrons. The van der Waals surface area contributed by atoms with Crippen LogP contribution in [0.4, 0.5) is 4.79 Å². The van der Waals surface area contributed by atoms with Crippen molar-refractivity contribution in [2.75, 3.05) is 0 Å². The highest BCUT2D eigenvalue weighted by Gasteiger charge is 2.42. The Labute approximate surface area is 249 Å². The van der Waals surface area contributed by atoms with Crippen LogP contribution in [-0.2, 0) is 0 Å². The molecule has 0 bridgehead atoms. The first kappa shape index (κ1) is 34.0. The fourth-order valence-corrected chi connectivity index (χ4v) is 11.3. The molecule has 0 aliphatic heterocycles. The highest BCUT2D eigenvalue weighted by molar-refractivity contribution is 6.90. The first-order valence-corrected chi connectivity index (χ1v) is 16.8. The molecule has 1 amide bonds. The number of rotatable bonds is 7. The molecular weight excluding hydrogens is 526 g/mol. The third-order valence-electron chi connectivity index (χ3n) is 7.69. The first-order valence-electron chi connectivity index (χ1n) is 14.6. The van der Waals surface area contributed by atoms with Gasteiger partial charge in [-0.3, -0.25) is 9.88 Å². The summed E-state index contributed by atoms with van der Waals surface area (Å²) < 4.78 is 5.97. The van der Waals surface area contributed by atoms with Crippen molar-refractivity contribution in [3.63, 3.8) is 0 Å². The van der Waals surface area contributed by atoms with Crippen LogP contribution < -0.4 is 4.74 Å². The molecule has 222 valence electrons. The molecule has 2 rings (SSSR count). The fourth-order valence-electron chi connectivity index (χ4n) is 6.07. The number of aromatic nitrogens is 3. The molecule has 0 N–H and O–H groups in total. The molecule has 7 nitrogen and oxygen atoms in total. The Morgan fingerprint density at radius 3 is 2.02 bits per heavy atom. The van der Waals surface area contributed by atoms with Crippen molar-refractivity contribution >= 4 is 14.2 Å². The van der Waals surface area contributed by atoms with Gasteiger partial charge in [0.25, 0.3) is 5.88 Å². The maximum absolute atomic E-state index is 13.6. The number of hydrogen-bond acceptors (Lipinski definition) is 6. The predicted molar refractivity (Wildman–Crippen MR) is 169 cm³/mol. The maximum atomic E-state index is 13.6. The Hall–Kier alpha value is -3.23. The van der Waals surface area contributed by atoms with Gasteiger partial charge in [-0.2, -0.15) is 5.26 Å². The Morgan fingerprint density at radius 2 is 1.54 bits per heavy atom. The molecule has 0 saturated carbocycles. The van der Waals surface area contributed by atoms with Crippen LogP contribution in [0.1, 0.15) is 114 Å². The summed E-state index contributed by atoms with van der Waals surface area (Å²) in [7, 11) is -2.10. The zero-order chi connectivity index (χ0) is 31.3. The lowest BCUT2D eigenvalue weighted by Gasteiger charge is -2.44. The second-order valence-corrected chi connectivity index (χ2v) is 19.4. The highest BCUT2D eigenvalue weighted by atomic mass is 28.3. The molecule has 2 heterocycles. The molecule has 41 heavy (non-hydrogen) atoms. The molecule has 0 aliphatic carbocycles. The molecule has 0 saturated heterocycles. The summed E-state index contributed by atoms with van der Waals surface area (Å²) in [6.07, 6.45) is 3.21. The summed E-state index contributed by atoms with van der Waals surface area (Å²) in [5.41, 5.74) is 6.63. The molecule has 1 unspecified atom stereocenters. The number of pyridine rings is 1. The molecular formula is C33H49N5O2Si. The summed E-state index contributed by atoms with van der Waals surface area (Å²) >= 11 is 0. The minimum atomic E-state index is -2.10. The van der Waals surface area contributed by atoms with Crippen molar-refractivity contribution in [1.29, 1.82) is 5.26 Å². The smallest absolute Gasteiger partial charge is 0.388 e. The van der Waals surface area contributed by atoms with Crippen molar-refractivity contribution in [3.05, 3.63) is 35.9 Å². The lowest BCUT2D eigenvalue weighted by atomic mass is 9.97. The number of carbonyl (C=O) groups is 1. The highest BCUT2D eigenvalue weighted by Crippen LogP contribution is 2.41. The van der Waals surface area contributed by atoms with E-state index in [1.54, 1.807) is 17.3 Å². The topological polar surface area (TPSA) is 92.0 Å². The summed E-state index contributed by atoms with van der Waals surface area (Å²) in [6.45, 7) is 27.4. The van der Waals surface area contributed by atoms with Gasteiger partial charge in [-0.15, -0.1) is 5.54 Å². The van der Waals surface area contributed by atoms with Gasteiger partial charge < -0.3 is 4.74 Å². The second kappa shape index (κ2) is 13.2. The quantitative estimate of drug-likeness (QED) is 0.243. The Balaban J connectivity index is 2.75. The number of carbonyl (C=O) groups excluding carboxylic acids is 1. The van der Waals surface area contributed by atoms with E-state index in [-0.39, 0.29) is 11.8 Å². The van der Waals surface area contributed by atoms with Crippen LogP contribution in [0.2, 0.25) is 16.6 Å². The molecule has 0 spiro atoms. The minimum absolute atomic E-state index is 0.0112. The summed E-state index contributed by atoms with van der Waals surface area (Å²) in [5.74, 6) is 3.47. The zero-order valence-corrected chi connectivity index (χ0v) is 28.4. The van der Waals surface area contributed by atoms with Gasteiger partial charge in [0.05, 0.1) is 18.0 Å². The van der Waals surface area contributed by atoms with Crippen molar-refractivity contribution in [2.24, 2.45) is 0 Å². The third kappa shape index (κ3) is 7.95. The van der Waals surface area contributed by atoms with Crippen LogP contribution in [0.3, 0.4) is 0 Å². The normalized spacial score (nSPS) is 13.0. The number of nitrogens with zero attached hydrogens (tertiary/aromatic N) is 5. The van der Waals surface area contributed by atoms with Gasteiger partial charge in [0.15, 0.2) is 5.69 Å². The van der Waals surface area contributed by atoms with Crippen molar-refractivity contribution in [1.82, 2.24) is 19.9 Å². The summed E-state index contributed by atoms with van der Waals surface area (Å²) in [6, 6.07) is 6.02. The first-order chi connectivity index (χ1) is 18.9. The average molecular weight is 576 g/mol. The van der Waals surface area contributed by atoms with E-state index < -0.39 is 25.2 Å². The van der Waals surface area contributed by atoms with Gasteiger partial charge in [0.1, 0.15) is 8.07 Å². The predicted octanol–water partition coefficient (Wildman–Crippen LogP) is 8.52. The van der Waals surface area contributed by atoms with Gasteiger partial charge in [-0.25, -0.2) is 14.8 Å². The summed E-state index contributed by atoms with van der Waals surface area (Å²) in [4.78, 5) is 29.3. The van der Waals surface area contributed by atoms with Crippen molar-refractivity contribution in [2.45, 2.75) is 130 Å². The van der Waals surface area contributed by atoms with Gasteiger partial charge >= 0.3 is 6.09 Å². The zero-order valence-electron chi connectivity index (χ0n) is 27.4. The van der Waals surface area contributed by atoms with Crippen molar-refractivity contribution in [3.8, 4) is 34.7 Å². The van der Waals surface area contributed by atoms with Crippen LogP contribution >= 0.6 is 0 Å². The summed E-state index contributed by atoms with van der Waals surface area (Å²) in [5, 5.41) is 9.15. The van der Waals surface area contributed by atoms with Crippen LogP contribution in [0.25, 0.3) is 11.3 Å². The standard InChI is InChI=1S/C33H49N5O2Si/c1-22(2)41(23(3)4,24(5)6)19-16-27-30(40-31(39)38(32(8,9)10)33(11,12)13)36-21-29(37-27)26-15-18-35-28(20-26)25(7)14-17-34/h15,18,20-25H,14H2,1-13H3. The maximum Gasteiger partial charge on any atom is 0.417 e. The average Bonchev–Trinajstić information content (AvgIpc) is 2.83. The van der Waals surface area contributed by atoms with Crippen LogP contribution in [-0.4, -0.2) is 45.1 Å². The van der Waals surface area contributed by atoms with Crippen LogP contribution in [0.5, 0.6) is 5.88 Å². The van der Waals surface area contributed by atoms with E-state index in [2.05, 4.69) is 69.0 Å². The Kier molecular flexibility index (Phi) is 10.9. The lowest BCUT2D eigenvalue weighted by Crippen LogP contribution is -2.56. The number of ether oxygens (including phenoxy) is 1. The number of amides is 1. The van der Waals surface area contributed by atoms with E-state index in [1.807, 2.05) is 60.6 Å². The molecule has 1 atom stereocenters. The molecule has 0 aromatic carbocycles. The number of hydrogen-bond donors (Lipinski definition) is 0. The van der Waals surface area contributed by atoms with E-state index in [1.165, 1.54) is 0 Å². The Morgan fingerprint density at radius 1 is 0.976 bits per heavy atom. The minimum Gasteiger partial charge on any atom is -0.388 e. The van der Waals surface area contributed by atoms with Crippen LogP contribution in [0.15, 0.2) is 24.5 Å². The van der Waals surface area contributed by atoms with Gasteiger partial charge in [-0.1, -0.05) is 48.5 Å².